The first-order chi connectivity index (χ1) is 9.39. The Morgan fingerprint density at radius 3 is 2.55 bits per heavy atom. The lowest BCUT2D eigenvalue weighted by molar-refractivity contribution is 0.200. The van der Waals surface area contributed by atoms with Crippen molar-refractivity contribution in [3.05, 3.63) is 33.8 Å². The Morgan fingerprint density at radius 2 is 1.95 bits per heavy atom. The second-order valence-corrected chi connectivity index (χ2v) is 7.65. The van der Waals surface area contributed by atoms with Gasteiger partial charge in [-0.1, -0.05) is 56.0 Å². The molecule has 2 atom stereocenters. The average molecular weight is 314 g/mol. The minimum absolute atomic E-state index is 0.146. The summed E-state index contributed by atoms with van der Waals surface area (Å²) in [5, 5.41) is 1.49. The number of halogens is 2. The highest BCUT2D eigenvalue weighted by atomic mass is 35.5. The summed E-state index contributed by atoms with van der Waals surface area (Å²) in [5.74, 6) is 1.49. The molecule has 0 amide bonds. The highest BCUT2D eigenvalue weighted by Crippen LogP contribution is 2.38. The van der Waals surface area contributed by atoms with E-state index in [1.54, 1.807) is 0 Å². The zero-order chi connectivity index (χ0) is 14.8. The maximum absolute atomic E-state index is 6.68. The van der Waals surface area contributed by atoms with E-state index < -0.39 is 0 Å². The number of rotatable bonds is 4. The van der Waals surface area contributed by atoms with Crippen LogP contribution in [-0.2, 0) is 6.42 Å². The minimum Gasteiger partial charge on any atom is -0.325 e. The van der Waals surface area contributed by atoms with E-state index in [1.165, 1.54) is 19.3 Å². The number of benzene rings is 1. The Bertz CT molecular complexity index is 438. The molecule has 2 N–H and O–H groups in total. The van der Waals surface area contributed by atoms with Crippen LogP contribution in [0.4, 0.5) is 0 Å². The molecule has 1 aromatic carbocycles. The summed E-state index contributed by atoms with van der Waals surface area (Å²) in [6, 6.07) is 5.70. The van der Waals surface area contributed by atoms with Gasteiger partial charge < -0.3 is 5.73 Å². The smallest absolute Gasteiger partial charge is 0.0453 e. The summed E-state index contributed by atoms with van der Waals surface area (Å²) in [7, 11) is 0. The molecule has 20 heavy (non-hydrogen) atoms. The molecular formula is C17H25Cl2N. The van der Waals surface area contributed by atoms with Crippen molar-refractivity contribution in [1.29, 1.82) is 0 Å². The zero-order valence-corrected chi connectivity index (χ0v) is 14.0. The quantitative estimate of drug-likeness (QED) is 0.783. The minimum atomic E-state index is -0.146. The van der Waals surface area contributed by atoms with Gasteiger partial charge in [-0.3, -0.25) is 0 Å². The second kappa shape index (κ2) is 6.68. The molecule has 112 valence electrons. The van der Waals surface area contributed by atoms with Crippen molar-refractivity contribution >= 4 is 23.2 Å². The number of hydrogen-bond donors (Lipinski definition) is 1. The third kappa shape index (κ3) is 4.13. The van der Waals surface area contributed by atoms with E-state index in [1.807, 2.05) is 18.2 Å². The van der Waals surface area contributed by atoms with Crippen LogP contribution < -0.4 is 5.73 Å². The Morgan fingerprint density at radius 1 is 1.30 bits per heavy atom. The molecule has 1 aliphatic carbocycles. The third-order valence-electron chi connectivity index (χ3n) is 4.38. The summed E-state index contributed by atoms with van der Waals surface area (Å²) in [4.78, 5) is 0. The predicted molar refractivity (Wildman–Crippen MR) is 88.5 cm³/mol. The summed E-state index contributed by atoms with van der Waals surface area (Å²) in [5.41, 5.74) is 7.55. The van der Waals surface area contributed by atoms with Crippen molar-refractivity contribution in [3.8, 4) is 0 Å². The van der Waals surface area contributed by atoms with Crippen LogP contribution in [0.1, 0.15) is 51.5 Å². The summed E-state index contributed by atoms with van der Waals surface area (Å²) >= 11 is 12.6. The standard InChI is InChI=1S/C17H25Cl2N/c1-12(2)9-13-5-4-8-17(20,10-13)11-14-15(18)6-3-7-16(14)19/h3,6-7,12-13H,4-5,8-11,20H2,1-2H3. The predicted octanol–water partition coefficient (Wildman–Crippen LogP) is 5.47. The first kappa shape index (κ1) is 16.1. The van der Waals surface area contributed by atoms with Gasteiger partial charge in [0.15, 0.2) is 0 Å². The maximum Gasteiger partial charge on any atom is 0.0453 e. The molecule has 0 bridgehead atoms. The van der Waals surface area contributed by atoms with E-state index >= 15 is 0 Å². The molecule has 0 radical (unpaired) electrons. The first-order valence-corrected chi connectivity index (χ1v) is 8.37. The topological polar surface area (TPSA) is 26.0 Å². The van der Waals surface area contributed by atoms with Crippen molar-refractivity contribution in [2.24, 2.45) is 17.6 Å². The lowest BCUT2D eigenvalue weighted by Gasteiger charge is -2.39. The van der Waals surface area contributed by atoms with Crippen molar-refractivity contribution < 1.29 is 0 Å². The summed E-state index contributed by atoms with van der Waals surface area (Å²) < 4.78 is 0. The molecule has 1 aliphatic rings. The van der Waals surface area contributed by atoms with Gasteiger partial charge in [-0.2, -0.15) is 0 Å². The van der Waals surface area contributed by atoms with E-state index in [9.17, 15) is 0 Å². The van der Waals surface area contributed by atoms with Crippen LogP contribution in [0.5, 0.6) is 0 Å². The average Bonchev–Trinajstić information content (AvgIpc) is 2.33. The number of hydrogen-bond acceptors (Lipinski definition) is 1. The normalized spacial score (nSPS) is 27.0. The molecule has 0 aromatic heterocycles. The lowest BCUT2D eigenvalue weighted by atomic mass is 9.71. The fraction of sp³-hybridized carbons (Fsp3) is 0.647. The van der Waals surface area contributed by atoms with Gasteiger partial charge >= 0.3 is 0 Å². The molecule has 0 heterocycles. The van der Waals surface area contributed by atoms with Gasteiger partial charge in [-0.05, 0) is 55.2 Å². The molecule has 0 aliphatic heterocycles. The molecular weight excluding hydrogens is 289 g/mol. The van der Waals surface area contributed by atoms with Gasteiger partial charge in [0.25, 0.3) is 0 Å². The van der Waals surface area contributed by atoms with Crippen LogP contribution in [0.25, 0.3) is 0 Å². The SMILES string of the molecule is CC(C)CC1CCCC(N)(Cc2c(Cl)cccc2Cl)C1. The van der Waals surface area contributed by atoms with Gasteiger partial charge in [-0.15, -0.1) is 0 Å². The Balaban J connectivity index is 2.10. The van der Waals surface area contributed by atoms with Gasteiger partial charge in [-0.25, -0.2) is 0 Å². The maximum atomic E-state index is 6.68. The largest absolute Gasteiger partial charge is 0.325 e. The Labute approximate surface area is 132 Å². The van der Waals surface area contributed by atoms with Gasteiger partial charge in [0.05, 0.1) is 0 Å². The van der Waals surface area contributed by atoms with Gasteiger partial charge in [0, 0.05) is 15.6 Å². The summed E-state index contributed by atoms with van der Waals surface area (Å²) in [6.45, 7) is 4.58. The fourth-order valence-corrected chi connectivity index (χ4v) is 4.13. The molecule has 2 unspecified atom stereocenters. The monoisotopic (exact) mass is 313 g/mol. The van der Waals surface area contributed by atoms with E-state index in [0.29, 0.717) is 0 Å². The van der Waals surface area contributed by atoms with E-state index in [0.717, 1.165) is 46.7 Å². The van der Waals surface area contributed by atoms with E-state index in [4.69, 9.17) is 28.9 Å². The molecule has 0 saturated heterocycles. The Kier molecular flexibility index (Phi) is 5.39. The van der Waals surface area contributed by atoms with Gasteiger partial charge in [0.1, 0.15) is 0 Å². The van der Waals surface area contributed by atoms with Crippen LogP contribution in [0.15, 0.2) is 18.2 Å². The third-order valence-corrected chi connectivity index (χ3v) is 5.09. The second-order valence-electron chi connectivity index (χ2n) is 6.83. The molecule has 1 fully saturated rings. The summed E-state index contributed by atoms with van der Waals surface area (Å²) in [6.07, 6.45) is 6.76. The molecule has 2 rings (SSSR count). The molecule has 3 heteroatoms. The van der Waals surface area contributed by atoms with Crippen molar-refractivity contribution in [2.45, 2.75) is 57.9 Å². The van der Waals surface area contributed by atoms with Crippen molar-refractivity contribution in [1.82, 2.24) is 0 Å². The fourth-order valence-electron chi connectivity index (χ4n) is 3.60. The van der Waals surface area contributed by atoms with Crippen LogP contribution in [-0.4, -0.2) is 5.54 Å². The molecule has 0 spiro atoms. The zero-order valence-electron chi connectivity index (χ0n) is 12.5. The van der Waals surface area contributed by atoms with Crippen LogP contribution in [0.2, 0.25) is 10.0 Å². The van der Waals surface area contributed by atoms with E-state index in [2.05, 4.69) is 13.8 Å². The highest BCUT2D eigenvalue weighted by molar-refractivity contribution is 6.36. The van der Waals surface area contributed by atoms with Crippen molar-refractivity contribution in [2.75, 3.05) is 0 Å². The van der Waals surface area contributed by atoms with Gasteiger partial charge in [0.2, 0.25) is 0 Å². The van der Waals surface area contributed by atoms with Crippen LogP contribution in [0.3, 0.4) is 0 Å². The molecule has 1 aromatic rings. The van der Waals surface area contributed by atoms with Crippen LogP contribution in [0, 0.1) is 11.8 Å². The van der Waals surface area contributed by atoms with Crippen molar-refractivity contribution in [3.63, 3.8) is 0 Å². The van der Waals surface area contributed by atoms with Crippen LogP contribution >= 0.6 is 23.2 Å². The molecule has 1 nitrogen and oxygen atoms in total. The molecule has 1 saturated carbocycles. The van der Waals surface area contributed by atoms with E-state index in [-0.39, 0.29) is 5.54 Å². The first-order valence-electron chi connectivity index (χ1n) is 7.61. The lowest BCUT2D eigenvalue weighted by Crippen LogP contribution is -2.46. The Hall–Kier alpha value is -0.240. The number of nitrogens with two attached hydrogens (primary N) is 1. The highest BCUT2D eigenvalue weighted by Gasteiger charge is 2.34.